The molecule has 1 aromatic carbocycles. The molecule has 0 heterocycles. The first kappa shape index (κ1) is 21.6. The second-order valence-electron chi connectivity index (χ2n) is 5.90. The van der Waals surface area contributed by atoms with Crippen LogP contribution in [0.25, 0.3) is 0 Å². The Morgan fingerprint density at radius 2 is 2.04 bits per heavy atom. The van der Waals surface area contributed by atoms with Gasteiger partial charge in [-0.3, -0.25) is 4.99 Å². The van der Waals surface area contributed by atoms with Crippen molar-refractivity contribution in [2.45, 2.75) is 39.0 Å². The summed E-state index contributed by atoms with van der Waals surface area (Å²) in [5.74, 6) is 0.196. The highest BCUT2D eigenvalue weighted by molar-refractivity contribution is 5.81. The molecule has 2 N–H and O–H groups in total. The third-order valence-corrected chi connectivity index (χ3v) is 3.90. The van der Waals surface area contributed by atoms with Crippen LogP contribution >= 0.6 is 0 Å². The van der Waals surface area contributed by atoms with Crippen molar-refractivity contribution in [1.29, 1.82) is 0 Å². The largest absolute Gasteiger partial charge is 0.387 e. The molecule has 2 unspecified atom stereocenters. The van der Waals surface area contributed by atoms with Gasteiger partial charge in [0.2, 0.25) is 0 Å². The van der Waals surface area contributed by atoms with Crippen molar-refractivity contribution in [3.05, 3.63) is 60.1 Å². The van der Waals surface area contributed by atoms with Crippen molar-refractivity contribution in [3.8, 4) is 0 Å². The van der Waals surface area contributed by atoms with E-state index in [1.54, 1.807) is 31.7 Å². The minimum absolute atomic E-state index is 0.158. The molecule has 6 heteroatoms. The summed E-state index contributed by atoms with van der Waals surface area (Å²) in [6, 6.07) is 6.10. The molecule has 0 aliphatic rings. The molecule has 0 aliphatic carbocycles. The van der Waals surface area contributed by atoms with E-state index < -0.39 is 0 Å². The van der Waals surface area contributed by atoms with Crippen LogP contribution in [0.4, 0.5) is 4.39 Å². The summed E-state index contributed by atoms with van der Waals surface area (Å²) >= 11 is 0. The molecule has 1 aromatic rings. The minimum Gasteiger partial charge on any atom is -0.387 e. The molecular formula is C20H29FN4O. The number of halogens is 1. The highest BCUT2D eigenvalue weighted by Gasteiger charge is 2.14. The highest BCUT2D eigenvalue weighted by atomic mass is 19.1. The Morgan fingerprint density at radius 3 is 2.58 bits per heavy atom. The molecule has 1 rings (SSSR count). The molecule has 0 aliphatic heterocycles. The van der Waals surface area contributed by atoms with Crippen molar-refractivity contribution in [1.82, 2.24) is 4.90 Å². The van der Waals surface area contributed by atoms with Gasteiger partial charge >= 0.3 is 0 Å². The number of allylic oxidation sites excluding steroid dienone is 3. The number of benzene rings is 1. The second-order valence-corrected chi connectivity index (χ2v) is 5.90. The summed E-state index contributed by atoms with van der Waals surface area (Å²) in [6.07, 6.45) is 6.25. The van der Waals surface area contributed by atoms with Crippen molar-refractivity contribution >= 4 is 12.2 Å². The average molecular weight is 360 g/mol. The van der Waals surface area contributed by atoms with Gasteiger partial charge in [0.15, 0.2) is 0 Å². The van der Waals surface area contributed by atoms with Gasteiger partial charge in [-0.05, 0) is 37.1 Å². The van der Waals surface area contributed by atoms with Crippen LogP contribution in [0.2, 0.25) is 0 Å². The number of nitrogens with two attached hydrogens (primary N) is 1. The Bertz CT molecular complexity index is 652. The zero-order valence-corrected chi connectivity index (χ0v) is 16.0. The van der Waals surface area contributed by atoms with Gasteiger partial charge in [-0.2, -0.15) is 0 Å². The van der Waals surface area contributed by atoms with Crippen LogP contribution in [0.15, 0.2) is 58.7 Å². The number of hydrogen-bond acceptors (Lipinski definition) is 3. The van der Waals surface area contributed by atoms with Gasteiger partial charge in [0, 0.05) is 26.3 Å². The summed E-state index contributed by atoms with van der Waals surface area (Å²) in [5, 5.41) is 0. The maximum atomic E-state index is 13.0. The molecule has 5 nitrogen and oxygen atoms in total. The summed E-state index contributed by atoms with van der Waals surface area (Å²) in [7, 11) is 3.49. The maximum absolute atomic E-state index is 13.0. The van der Waals surface area contributed by atoms with Gasteiger partial charge in [-0.1, -0.05) is 31.7 Å². The van der Waals surface area contributed by atoms with E-state index in [1.807, 2.05) is 31.9 Å². The zero-order chi connectivity index (χ0) is 19.5. The van der Waals surface area contributed by atoms with E-state index in [1.165, 1.54) is 12.1 Å². The smallest absolute Gasteiger partial charge is 0.137 e. The van der Waals surface area contributed by atoms with Crippen LogP contribution in [0.1, 0.15) is 38.3 Å². The molecule has 0 aromatic heterocycles. The number of amidine groups is 1. The Balaban J connectivity index is 2.75. The van der Waals surface area contributed by atoms with Crippen molar-refractivity contribution in [3.63, 3.8) is 0 Å². The van der Waals surface area contributed by atoms with Crippen molar-refractivity contribution < 1.29 is 9.13 Å². The van der Waals surface area contributed by atoms with E-state index in [9.17, 15) is 4.39 Å². The number of ether oxygens (including phenoxy) is 1. The average Bonchev–Trinajstić information content (AvgIpc) is 2.63. The number of aliphatic imine (C=N–C) groups is 2. The van der Waals surface area contributed by atoms with E-state index in [-0.39, 0.29) is 18.1 Å². The maximum Gasteiger partial charge on any atom is 0.137 e. The van der Waals surface area contributed by atoms with Crippen molar-refractivity contribution in [2.75, 3.05) is 14.2 Å². The third-order valence-electron chi connectivity index (χ3n) is 3.90. The summed E-state index contributed by atoms with van der Waals surface area (Å²) in [4.78, 5) is 10.7. The van der Waals surface area contributed by atoms with Gasteiger partial charge < -0.3 is 15.4 Å². The fourth-order valence-corrected chi connectivity index (χ4v) is 2.32. The fraction of sp³-hybridized carbons (Fsp3) is 0.400. The molecule has 26 heavy (non-hydrogen) atoms. The summed E-state index contributed by atoms with van der Waals surface area (Å²) < 4.78 is 18.5. The van der Waals surface area contributed by atoms with Crippen LogP contribution < -0.4 is 5.73 Å². The first-order valence-electron chi connectivity index (χ1n) is 8.59. The van der Waals surface area contributed by atoms with Gasteiger partial charge in [0.05, 0.1) is 18.2 Å². The fourth-order valence-electron chi connectivity index (χ4n) is 2.32. The molecule has 0 bridgehead atoms. The Morgan fingerprint density at radius 1 is 1.38 bits per heavy atom. The van der Waals surface area contributed by atoms with Gasteiger partial charge in [-0.15, -0.1) is 0 Å². The predicted molar refractivity (Wildman–Crippen MR) is 107 cm³/mol. The number of methoxy groups -OCH3 is 1. The lowest BCUT2D eigenvalue weighted by atomic mass is 10.1. The zero-order valence-electron chi connectivity index (χ0n) is 16.0. The lowest BCUT2D eigenvalue weighted by Gasteiger charge is -2.24. The Kier molecular flexibility index (Phi) is 9.30. The van der Waals surface area contributed by atoms with E-state index in [4.69, 9.17) is 10.5 Å². The van der Waals surface area contributed by atoms with Crippen LogP contribution in [-0.4, -0.2) is 37.5 Å². The molecule has 2 atom stereocenters. The second kappa shape index (κ2) is 11.2. The molecule has 0 radical (unpaired) electrons. The molecule has 0 saturated carbocycles. The van der Waals surface area contributed by atoms with Crippen LogP contribution in [0, 0.1) is 5.82 Å². The minimum atomic E-state index is -0.287. The van der Waals surface area contributed by atoms with E-state index in [2.05, 4.69) is 16.6 Å². The van der Waals surface area contributed by atoms with Crippen LogP contribution in [-0.2, 0) is 4.74 Å². The highest BCUT2D eigenvalue weighted by Crippen LogP contribution is 2.17. The lowest BCUT2D eigenvalue weighted by Crippen LogP contribution is -2.36. The molecule has 0 amide bonds. The molecular weight excluding hydrogens is 331 g/mol. The number of hydrogen-bond donors (Lipinski definition) is 1. The topological polar surface area (TPSA) is 63.2 Å². The van der Waals surface area contributed by atoms with Crippen LogP contribution in [0.5, 0.6) is 0 Å². The monoisotopic (exact) mass is 360 g/mol. The Hall–Kier alpha value is -2.47. The van der Waals surface area contributed by atoms with Gasteiger partial charge in [0.1, 0.15) is 12.0 Å². The van der Waals surface area contributed by atoms with E-state index in [0.29, 0.717) is 12.3 Å². The van der Waals surface area contributed by atoms with E-state index in [0.717, 1.165) is 17.7 Å². The third kappa shape index (κ3) is 7.19. The summed E-state index contributed by atoms with van der Waals surface area (Å²) in [5.41, 5.74) is 7.91. The first-order valence-corrected chi connectivity index (χ1v) is 8.59. The lowest BCUT2D eigenvalue weighted by molar-refractivity contribution is 0.0281. The normalized spacial score (nSPS) is 15.1. The van der Waals surface area contributed by atoms with Crippen molar-refractivity contribution in [2.24, 2.45) is 15.7 Å². The quantitative estimate of drug-likeness (QED) is 0.296. The number of nitrogens with zero attached hydrogens (tertiary/aromatic N) is 3. The molecule has 0 saturated heterocycles. The molecule has 0 fully saturated rings. The summed E-state index contributed by atoms with van der Waals surface area (Å²) in [6.45, 7) is 7.63. The molecule has 0 spiro atoms. The standard InChI is InChI=1S/C20H29FN4O/c1-6-8-18(7-2)23-14-25(4)20(26-5)13-19(22)24-15(3)16-9-11-17(21)12-10-16/h6,8-12,14-15,20H,1,7,13H2,2-5H3,(H2,22,24)/b18-8+,23-14-. The molecule has 142 valence electrons. The van der Waals surface area contributed by atoms with Gasteiger partial charge in [0.25, 0.3) is 0 Å². The van der Waals surface area contributed by atoms with E-state index >= 15 is 0 Å². The van der Waals surface area contributed by atoms with Crippen LogP contribution in [0.3, 0.4) is 0 Å². The Labute approximate surface area is 155 Å². The van der Waals surface area contributed by atoms with Gasteiger partial charge in [-0.25, -0.2) is 9.38 Å². The predicted octanol–water partition coefficient (Wildman–Crippen LogP) is 4.05. The number of rotatable bonds is 10. The SMILES string of the molecule is C=C/C=C(CC)/N=C\N(C)C(C/C(N)=N\C(C)c1ccc(F)cc1)OC. The first-order chi connectivity index (χ1) is 12.4.